The summed E-state index contributed by atoms with van der Waals surface area (Å²) < 4.78 is 5.76. The zero-order valence-corrected chi connectivity index (χ0v) is 13.6. The van der Waals surface area contributed by atoms with Crippen LogP contribution in [0.15, 0.2) is 22.7 Å². The van der Waals surface area contributed by atoms with Gasteiger partial charge in [-0.05, 0) is 53.9 Å². The van der Waals surface area contributed by atoms with Crippen molar-refractivity contribution in [1.29, 1.82) is 0 Å². The fourth-order valence-corrected chi connectivity index (χ4v) is 2.91. The molecule has 0 aliphatic carbocycles. The number of rotatable bonds is 3. The first-order chi connectivity index (χ1) is 10.0. The van der Waals surface area contributed by atoms with Gasteiger partial charge in [-0.3, -0.25) is 9.59 Å². The number of halogens is 1. The standard InChI is InChI=1S/C15H19BrN2O3/c1-2-21-15(20)10-4-3-7-18(9-10)14(19)12-8-11(17)5-6-13(12)16/h5-6,8,10H,2-4,7,9,17H2,1H3. The predicted molar refractivity (Wildman–Crippen MR) is 83.8 cm³/mol. The third kappa shape index (κ3) is 3.75. The van der Waals surface area contributed by atoms with E-state index in [2.05, 4.69) is 15.9 Å². The zero-order valence-electron chi connectivity index (χ0n) is 12.0. The third-order valence-corrected chi connectivity index (χ3v) is 4.24. The van der Waals surface area contributed by atoms with Crippen LogP contribution in [0, 0.1) is 5.92 Å². The molecule has 0 spiro atoms. The van der Waals surface area contributed by atoms with Crippen LogP contribution in [0.3, 0.4) is 0 Å². The number of nitrogen functional groups attached to an aromatic ring is 1. The molecular formula is C15H19BrN2O3. The summed E-state index contributed by atoms with van der Waals surface area (Å²) in [6, 6.07) is 5.15. The number of piperidine rings is 1. The summed E-state index contributed by atoms with van der Waals surface area (Å²) in [4.78, 5) is 26.1. The highest BCUT2D eigenvalue weighted by atomic mass is 79.9. The Kier molecular flexibility index (Phi) is 5.22. The number of hydrogen-bond acceptors (Lipinski definition) is 4. The topological polar surface area (TPSA) is 72.6 Å². The second kappa shape index (κ2) is 6.93. The largest absolute Gasteiger partial charge is 0.466 e. The Morgan fingerprint density at radius 2 is 2.24 bits per heavy atom. The molecule has 0 radical (unpaired) electrons. The van der Waals surface area contributed by atoms with Gasteiger partial charge in [-0.1, -0.05) is 0 Å². The first-order valence-electron chi connectivity index (χ1n) is 7.04. The minimum absolute atomic E-state index is 0.108. The number of likely N-dealkylation sites (tertiary alicyclic amines) is 1. The Bertz CT molecular complexity index is 548. The van der Waals surface area contributed by atoms with Crippen molar-refractivity contribution in [3.05, 3.63) is 28.2 Å². The number of carbonyl (C=O) groups excluding carboxylic acids is 2. The second-order valence-corrected chi connectivity index (χ2v) is 5.94. The minimum Gasteiger partial charge on any atom is -0.466 e. The van der Waals surface area contributed by atoms with Gasteiger partial charge in [0.05, 0.1) is 18.1 Å². The summed E-state index contributed by atoms with van der Waals surface area (Å²) in [5.41, 5.74) is 6.81. The molecule has 5 nitrogen and oxygen atoms in total. The molecular weight excluding hydrogens is 336 g/mol. The highest BCUT2D eigenvalue weighted by Gasteiger charge is 2.30. The van der Waals surface area contributed by atoms with Gasteiger partial charge in [-0.2, -0.15) is 0 Å². The first kappa shape index (κ1) is 15.8. The van der Waals surface area contributed by atoms with Gasteiger partial charge >= 0.3 is 5.97 Å². The van der Waals surface area contributed by atoms with E-state index in [1.807, 2.05) is 0 Å². The molecule has 114 valence electrons. The Balaban J connectivity index is 2.12. The van der Waals surface area contributed by atoms with Crippen molar-refractivity contribution in [2.75, 3.05) is 25.4 Å². The van der Waals surface area contributed by atoms with Crippen LogP contribution in [0.1, 0.15) is 30.1 Å². The van der Waals surface area contributed by atoms with Crippen LogP contribution in [-0.4, -0.2) is 36.5 Å². The lowest BCUT2D eigenvalue weighted by Gasteiger charge is -2.31. The summed E-state index contributed by atoms with van der Waals surface area (Å²) in [5, 5.41) is 0. The summed E-state index contributed by atoms with van der Waals surface area (Å²) in [6.07, 6.45) is 1.57. The Morgan fingerprint density at radius 3 is 2.95 bits per heavy atom. The van der Waals surface area contributed by atoms with E-state index >= 15 is 0 Å². The lowest BCUT2D eigenvalue weighted by molar-refractivity contribution is -0.149. The fourth-order valence-electron chi connectivity index (χ4n) is 2.49. The maximum absolute atomic E-state index is 12.6. The Morgan fingerprint density at radius 1 is 1.48 bits per heavy atom. The molecule has 1 aliphatic rings. The number of anilines is 1. The van der Waals surface area contributed by atoms with Gasteiger partial charge in [0, 0.05) is 23.2 Å². The third-order valence-electron chi connectivity index (χ3n) is 3.55. The van der Waals surface area contributed by atoms with Gasteiger partial charge in [0.25, 0.3) is 5.91 Å². The van der Waals surface area contributed by atoms with Gasteiger partial charge in [0.2, 0.25) is 0 Å². The molecule has 1 aliphatic heterocycles. The second-order valence-electron chi connectivity index (χ2n) is 5.08. The number of nitrogens with zero attached hydrogens (tertiary/aromatic N) is 1. The molecule has 0 aromatic heterocycles. The molecule has 1 saturated heterocycles. The Hall–Kier alpha value is -1.56. The van der Waals surface area contributed by atoms with E-state index in [4.69, 9.17) is 10.5 Å². The van der Waals surface area contributed by atoms with E-state index in [1.165, 1.54) is 0 Å². The smallest absolute Gasteiger partial charge is 0.310 e. The van der Waals surface area contributed by atoms with E-state index in [0.717, 1.165) is 12.8 Å². The summed E-state index contributed by atoms with van der Waals surface area (Å²) in [6.45, 7) is 3.20. The monoisotopic (exact) mass is 354 g/mol. The summed E-state index contributed by atoms with van der Waals surface area (Å²) in [5.74, 6) is -0.563. The number of ether oxygens (including phenoxy) is 1. The van der Waals surface area contributed by atoms with Gasteiger partial charge in [-0.15, -0.1) is 0 Å². The van der Waals surface area contributed by atoms with Crippen molar-refractivity contribution in [3.63, 3.8) is 0 Å². The van der Waals surface area contributed by atoms with Crippen molar-refractivity contribution in [3.8, 4) is 0 Å². The molecule has 1 amide bonds. The van der Waals surface area contributed by atoms with E-state index in [1.54, 1.807) is 30.0 Å². The van der Waals surface area contributed by atoms with Crippen molar-refractivity contribution in [1.82, 2.24) is 4.90 Å². The van der Waals surface area contributed by atoms with Crippen molar-refractivity contribution in [2.24, 2.45) is 5.92 Å². The molecule has 1 aromatic rings. The van der Waals surface area contributed by atoms with Crippen LogP contribution in [0.5, 0.6) is 0 Å². The quantitative estimate of drug-likeness (QED) is 0.668. The van der Waals surface area contributed by atoms with E-state index in [-0.39, 0.29) is 17.8 Å². The van der Waals surface area contributed by atoms with Gasteiger partial charge in [-0.25, -0.2) is 0 Å². The molecule has 1 fully saturated rings. The van der Waals surface area contributed by atoms with Crippen molar-refractivity contribution < 1.29 is 14.3 Å². The maximum atomic E-state index is 12.6. The number of benzene rings is 1. The molecule has 2 N–H and O–H groups in total. The average Bonchev–Trinajstić information content (AvgIpc) is 2.49. The minimum atomic E-state index is -0.234. The number of carbonyl (C=O) groups is 2. The highest BCUT2D eigenvalue weighted by molar-refractivity contribution is 9.10. The fraction of sp³-hybridized carbons (Fsp3) is 0.467. The van der Waals surface area contributed by atoms with Crippen LogP contribution < -0.4 is 5.73 Å². The van der Waals surface area contributed by atoms with Crippen molar-refractivity contribution >= 4 is 33.5 Å². The number of nitrogens with two attached hydrogens (primary N) is 1. The molecule has 0 bridgehead atoms. The predicted octanol–water partition coefficient (Wildman–Crippen LogP) is 2.45. The van der Waals surface area contributed by atoms with Crippen LogP contribution >= 0.6 is 15.9 Å². The normalized spacial score (nSPS) is 18.4. The van der Waals surface area contributed by atoms with Crippen LogP contribution in [-0.2, 0) is 9.53 Å². The maximum Gasteiger partial charge on any atom is 0.310 e. The number of amides is 1. The van der Waals surface area contributed by atoms with E-state index in [9.17, 15) is 9.59 Å². The molecule has 6 heteroatoms. The van der Waals surface area contributed by atoms with Crippen molar-refractivity contribution in [2.45, 2.75) is 19.8 Å². The van der Waals surface area contributed by atoms with Crippen LogP contribution in [0.25, 0.3) is 0 Å². The van der Waals surface area contributed by atoms with Gasteiger partial charge in [0.15, 0.2) is 0 Å². The number of hydrogen-bond donors (Lipinski definition) is 1. The highest BCUT2D eigenvalue weighted by Crippen LogP contribution is 2.24. The molecule has 2 rings (SSSR count). The zero-order chi connectivity index (χ0) is 15.4. The lowest BCUT2D eigenvalue weighted by atomic mass is 9.97. The van der Waals surface area contributed by atoms with Gasteiger partial charge in [0.1, 0.15) is 0 Å². The SMILES string of the molecule is CCOC(=O)C1CCCN(C(=O)c2cc(N)ccc2Br)C1. The van der Waals surface area contributed by atoms with E-state index in [0.29, 0.717) is 35.4 Å². The lowest BCUT2D eigenvalue weighted by Crippen LogP contribution is -2.43. The molecule has 1 heterocycles. The van der Waals surface area contributed by atoms with Gasteiger partial charge < -0.3 is 15.4 Å². The average molecular weight is 355 g/mol. The number of esters is 1. The molecule has 0 saturated carbocycles. The van der Waals surface area contributed by atoms with Crippen LogP contribution in [0.2, 0.25) is 0 Å². The molecule has 21 heavy (non-hydrogen) atoms. The summed E-state index contributed by atoms with van der Waals surface area (Å²) in [7, 11) is 0. The first-order valence-corrected chi connectivity index (χ1v) is 7.83. The van der Waals surface area contributed by atoms with Crippen LogP contribution in [0.4, 0.5) is 5.69 Å². The molecule has 1 unspecified atom stereocenters. The van der Waals surface area contributed by atoms with E-state index < -0.39 is 0 Å². The molecule has 1 atom stereocenters. The molecule has 1 aromatic carbocycles. The Labute approximate surface area is 132 Å². The summed E-state index contributed by atoms with van der Waals surface area (Å²) >= 11 is 3.37.